The molecular formula is C19H26N4OS. The highest BCUT2D eigenvalue weighted by molar-refractivity contribution is 7.98. The van der Waals surface area contributed by atoms with E-state index in [1.165, 1.54) is 10.5 Å². The lowest BCUT2D eigenvalue weighted by atomic mass is 10.2. The Hall–Kier alpha value is -1.79. The van der Waals surface area contributed by atoms with Crippen molar-refractivity contribution in [3.05, 3.63) is 47.3 Å². The Morgan fingerprint density at radius 1 is 1.20 bits per heavy atom. The number of carbonyl (C=O) groups is 1. The van der Waals surface area contributed by atoms with E-state index in [0.29, 0.717) is 5.69 Å². The summed E-state index contributed by atoms with van der Waals surface area (Å²) in [5, 5.41) is 4.29. The topological polar surface area (TPSA) is 41.4 Å². The summed E-state index contributed by atoms with van der Waals surface area (Å²) in [6.07, 6.45) is 3.11. The predicted molar refractivity (Wildman–Crippen MR) is 102 cm³/mol. The van der Waals surface area contributed by atoms with Gasteiger partial charge in [0, 0.05) is 44.7 Å². The number of thioether (sulfide) groups is 1. The first kappa shape index (κ1) is 18.0. The summed E-state index contributed by atoms with van der Waals surface area (Å²) in [5.74, 6) is 0.0920. The molecule has 1 aromatic carbocycles. The van der Waals surface area contributed by atoms with Gasteiger partial charge in [-0.1, -0.05) is 12.1 Å². The number of benzene rings is 1. The fourth-order valence-corrected chi connectivity index (χ4v) is 3.82. The number of rotatable bonds is 4. The van der Waals surface area contributed by atoms with Gasteiger partial charge in [-0.25, -0.2) is 0 Å². The van der Waals surface area contributed by atoms with Crippen LogP contribution in [0.25, 0.3) is 0 Å². The summed E-state index contributed by atoms with van der Waals surface area (Å²) in [6, 6.07) is 10.6. The lowest BCUT2D eigenvalue weighted by Crippen LogP contribution is -2.36. The number of aromatic nitrogens is 2. The Morgan fingerprint density at radius 3 is 2.76 bits per heavy atom. The maximum Gasteiger partial charge on any atom is 0.272 e. The van der Waals surface area contributed by atoms with Gasteiger partial charge in [-0.3, -0.25) is 14.4 Å². The first-order chi connectivity index (χ1) is 12.1. The molecule has 0 aliphatic carbocycles. The van der Waals surface area contributed by atoms with Gasteiger partial charge >= 0.3 is 0 Å². The number of hydrogen-bond donors (Lipinski definition) is 0. The number of carbonyl (C=O) groups excluding carboxylic acids is 1. The van der Waals surface area contributed by atoms with Crippen molar-refractivity contribution >= 4 is 17.7 Å². The highest BCUT2D eigenvalue weighted by Gasteiger charge is 2.22. The molecule has 25 heavy (non-hydrogen) atoms. The second kappa shape index (κ2) is 8.06. The molecule has 0 bridgehead atoms. The summed E-state index contributed by atoms with van der Waals surface area (Å²) in [4.78, 5) is 18.5. The van der Waals surface area contributed by atoms with E-state index in [1.807, 2.05) is 24.9 Å². The van der Waals surface area contributed by atoms with Gasteiger partial charge in [0.1, 0.15) is 5.69 Å². The van der Waals surface area contributed by atoms with E-state index < -0.39 is 0 Å². The van der Waals surface area contributed by atoms with E-state index in [2.05, 4.69) is 40.5 Å². The molecule has 1 fully saturated rings. The molecule has 1 aliphatic heterocycles. The van der Waals surface area contributed by atoms with Crippen LogP contribution < -0.4 is 0 Å². The van der Waals surface area contributed by atoms with Crippen LogP contribution in [0.5, 0.6) is 0 Å². The van der Waals surface area contributed by atoms with Crippen molar-refractivity contribution in [1.82, 2.24) is 19.6 Å². The number of amides is 1. The zero-order valence-electron chi connectivity index (χ0n) is 15.2. The molecule has 0 spiro atoms. The van der Waals surface area contributed by atoms with Crippen LogP contribution in [0.3, 0.4) is 0 Å². The Bertz CT molecular complexity index is 743. The maximum absolute atomic E-state index is 12.8. The van der Waals surface area contributed by atoms with Gasteiger partial charge in [0.2, 0.25) is 0 Å². The van der Waals surface area contributed by atoms with E-state index in [1.54, 1.807) is 16.4 Å². The summed E-state index contributed by atoms with van der Waals surface area (Å²) < 4.78 is 1.69. The van der Waals surface area contributed by atoms with Crippen molar-refractivity contribution < 1.29 is 4.79 Å². The Balaban J connectivity index is 1.62. The molecule has 1 aromatic heterocycles. The largest absolute Gasteiger partial charge is 0.336 e. The molecule has 2 heterocycles. The van der Waals surface area contributed by atoms with Crippen LogP contribution in [0.15, 0.2) is 35.2 Å². The zero-order valence-corrected chi connectivity index (χ0v) is 16.1. The molecule has 0 radical (unpaired) electrons. The molecule has 1 aliphatic rings. The Morgan fingerprint density at radius 2 is 2.04 bits per heavy atom. The average molecular weight is 359 g/mol. The molecule has 0 unspecified atom stereocenters. The van der Waals surface area contributed by atoms with Gasteiger partial charge in [-0.2, -0.15) is 5.10 Å². The van der Waals surface area contributed by atoms with Crippen LogP contribution >= 0.6 is 11.8 Å². The molecule has 0 N–H and O–H groups in total. The van der Waals surface area contributed by atoms with Crippen molar-refractivity contribution in [1.29, 1.82) is 0 Å². The van der Waals surface area contributed by atoms with Crippen molar-refractivity contribution in [3.8, 4) is 0 Å². The summed E-state index contributed by atoms with van der Waals surface area (Å²) >= 11 is 1.77. The highest BCUT2D eigenvalue weighted by atomic mass is 32.2. The fraction of sp³-hybridized carbons (Fsp3) is 0.474. The van der Waals surface area contributed by atoms with Gasteiger partial charge in [-0.05, 0) is 43.4 Å². The van der Waals surface area contributed by atoms with Crippen LogP contribution in [-0.4, -0.2) is 57.9 Å². The average Bonchev–Trinajstić information content (AvgIpc) is 2.81. The standard InChI is InChI=1S/C19H26N4OS/c1-15-12-18(21(2)20-15)19(24)23-9-5-8-22(10-11-23)14-16-6-4-7-17(13-16)25-3/h4,6-7,12-13H,5,8-11,14H2,1-3H3. The molecule has 6 heteroatoms. The van der Waals surface area contributed by atoms with Crippen molar-refractivity contribution in [3.63, 3.8) is 0 Å². The minimum absolute atomic E-state index is 0.0920. The minimum atomic E-state index is 0.0920. The normalized spacial score (nSPS) is 16.0. The quantitative estimate of drug-likeness (QED) is 0.788. The van der Waals surface area contributed by atoms with Gasteiger partial charge in [-0.15, -0.1) is 11.8 Å². The minimum Gasteiger partial charge on any atom is -0.336 e. The summed E-state index contributed by atoms with van der Waals surface area (Å²) in [6.45, 7) is 6.38. The third kappa shape index (κ3) is 4.44. The monoisotopic (exact) mass is 358 g/mol. The molecule has 2 aromatic rings. The lowest BCUT2D eigenvalue weighted by molar-refractivity contribution is 0.0750. The van der Waals surface area contributed by atoms with Crippen LogP contribution in [0.2, 0.25) is 0 Å². The molecular weight excluding hydrogens is 332 g/mol. The summed E-state index contributed by atoms with van der Waals surface area (Å²) in [5.41, 5.74) is 2.91. The second-order valence-electron chi connectivity index (χ2n) is 6.57. The molecule has 0 saturated carbocycles. The van der Waals surface area contributed by atoms with E-state index in [4.69, 9.17) is 0 Å². The van der Waals surface area contributed by atoms with Gasteiger partial charge < -0.3 is 4.90 Å². The highest BCUT2D eigenvalue weighted by Crippen LogP contribution is 2.18. The number of nitrogens with zero attached hydrogens (tertiary/aromatic N) is 4. The van der Waals surface area contributed by atoms with Crippen molar-refractivity contribution in [2.45, 2.75) is 24.8 Å². The van der Waals surface area contributed by atoms with Crippen molar-refractivity contribution in [2.24, 2.45) is 7.05 Å². The molecule has 3 rings (SSSR count). The Labute approximate surface area is 154 Å². The predicted octanol–water partition coefficient (Wildman–Crippen LogP) is 2.80. The van der Waals surface area contributed by atoms with Gasteiger partial charge in [0.25, 0.3) is 5.91 Å². The third-order valence-electron chi connectivity index (χ3n) is 4.64. The van der Waals surface area contributed by atoms with E-state index in [9.17, 15) is 4.79 Å². The van der Waals surface area contributed by atoms with Crippen LogP contribution in [0.1, 0.15) is 28.2 Å². The molecule has 5 nitrogen and oxygen atoms in total. The van der Waals surface area contributed by atoms with Crippen molar-refractivity contribution in [2.75, 3.05) is 32.4 Å². The van der Waals surface area contributed by atoms with Crippen LogP contribution in [-0.2, 0) is 13.6 Å². The Kier molecular flexibility index (Phi) is 5.81. The molecule has 0 atom stereocenters. The summed E-state index contributed by atoms with van der Waals surface area (Å²) in [7, 11) is 1.84. The van der Waals surface area contributed by atoms with E-state index >= 15 is 0 Å². The van der Waals surface area contributed by atoms with E-state index in [-0.39, 0.29) is 5.91 Å². The first-order valence-corrected chi connectivity index (χ1v) is 9.94. The van der Waals surface area contributed by atoms with Gasteiger partial charge in [0.05, 0.1) is 5.69 Å². The second-order valence-corrected chi connectivity index (χ2v) is 7.45. The SMILES string of the molecule is CSc1cccc(CN2CCCN(C(=O)c3cc(C)nn3C)CC2)c1. The zero-order chi connectivity index (χ0) is 17.8. The van der Waals surface area contributed by atoms with Gasteiger partial charge in [0.15, 0.2) is 0 Å². The molecule has 134 valence electrons. The fourth-order valence-electron chi connectivity index (χ4n) is 3.33. The van der Waals surface area contributed by atoms with Crippen LogP contribution in [0, 0.1) is 6.92 Å². The van der Waals surface area contributed by atoms with Crippen LogP contribution in [0.4, 0.5) is 0 Å². The molecule has 1 saturated heterocycles. The molecule has 1 amide bonds. The number of aryl methyl sites for hydroxylation is 2. The third-order valence-corrected chi connectivity index (χ3v) is 5.36. The van der Waals surface area contributed by atoms with E-state index in [0.717, 1.165) is 44.8 Å². The lowest BCUT2D eigenvalue weighted by Gasteiger charge is -2.22. The number of hydrogen-bond acceptors (Lipinski definition) is 4. The maximum atomic E-state index is 12.8. The smallest absolute Gasteiger partial charge is 0.272 e. The first-order valence-electron chi connectivity index (χ1n) is 8.72.